The fourth-order valence-electron chi connectivity index (χ4n) is 2.40. The van der Waals surface area contributed by atoms with Crippen molar-refractivity contribution in [3.63, 3.8) is 0 Å². The molecular formula is C12H21N3O11P2. The Bertz CT molecular complexity index is 833. The maximum atomic E-state index is 12.0. The van der Waals surface area contributed by atoms with Crippen molar-refractivity contribution in [2.24, 2.45) is 0 Å². The van der Waals surface area contributed by atoms with Crippen LogP contribution in [0.15, 0.2) is 17.1 Å². The number of rotatable bonds is 9. The van der Waals surface area contributed by atoms with Gasteiger partial charge in [-0.2, -0.15) is 4.98 Å². The average molecular weight is 445 g/mol. The van der Waals surface area contributed by atoms with Gasteiger partial charge in [0.25, 0.3) is 0 Å². The molecule has 6 atom stereocenters. The van der Waals surface area contributed by atoms with E-state index in [0.717, 1.165) is 11.7 Å². The molecule has 1 aliphatic rings. The smallest absolute Gasteiger partial charge is 0.386 e. The number of aliphatic hydroxyl groups excluding tert-OH is 1. The van der Waals surface area contributed by atoms with Crippen LogP contribution in [-0.2, 0) is 32.0 Å². The predicted molar refractivity (Wildman–Crippen MR) is 91.9 cm³/mol. The molecule has 2 heterocycles. The topological polar surface area (TPSA) is 202 Å². The van der Waals surface area contributed by atoms with Crippen LogP contribution in [0.2, 0.25) is 0 Å². The molecule has 0 spiro atoms. The molecule has 1 fully saturated rings. The molecule has 0 aliphatic carbocycles. The quantitative estimate of drug-likeness (QED) is 0.350. The third-order valence-corrected chi connectivity index (χ3v) is 5.65. The van der Waals surface area contributed by atoms with Gasteiger partial charge in [0.1, 0.15) is 24.1 Å². The summed E-state index contributed by atoms with van der Waals surface area (Å²) in [5, 5.41) is 10.5. The molecule has 0 amide bonds. The molecule has 28 heavy (non-hydrogen) atoms. The third kappa shape index (κ3) is 5.67. The van der Waals surface area contributed by atoms with E-state index < -0.39 is 52.5 Å². The maximum Gasteiger partial charge on any atom is 0.472 e. The minimum Gasteiger partial charge on any atom is -0.386 e. The lowest BCUT2D eigenvalue weighted by molar-refractivity contribution is -0.0546. The molecule has 1 aromatic heterocycles. The van der Waals surface area contributed by atoms with Crippen LogP contribution in [0.4, 0.5) is 5.82 Å². The van der Waals surface area contributed by atoms with Crippen LogP contribution in [-0.4, -0.2) is 63.1 Å². The van der Waals surface area contributed by atoms with E-state index in [4.69, 9.17) is 15.0 Å². The summed E-state index contributed by atoms with van der Waals surface area (Å²) in [4.78, 5) is 34.6. The largest absolute Gasteiger partial charge is 0.472 e. The van der Waals surface area contributed by atoms with Crippen LogP contribution >= 0.6 is 15.6 Å². The Kier molecular flexibility index (Phi) is 7.50. The Balaban J connectivity index is 2.30. The molecule has 160 valence electrons. The van der Waals surface area contributed by atoms with Crippen molar-refractivity contribution in [2.75, 3.05) is 26.1 Å². The van der Waals surface area contributed by atoms with Crippen LogP contribution in [0.25, 0.3) is 0 Å². The highest BCUT2D eigenvalue weighted by atomic mass is 31.2. The van der Waals surface area contributed by atoms with E-state index in [0.29, 0.717) is 0 Å². The molecule has 0 saturated carbocycles. The number of aliphatic hydroxyl groups is 1. The van der Waals surface area contributed by atoms with Crippen LogP contribution in [0.5, 0.6) is 0 Å². The van der Waals surface area contributed by atoms with E-state index in [1.807, 2.05) is 0 Å². The molecule has 1 aromatic rings. The zero-order valence-corrected chi connectivity index (χ0v) is 16.6. The number of ether oxygens (including phenoxy) is 1. The van der Waals surface area contributed by atoms with Gasteiger partial charge in [-0.05, 0) is 13.0 Å². The van der Waals surface area contributed by atoms with Gasteiger partial charge < -0.3 is 25.4 Å². The van der Waals surface area contributed by atoms with Crippen molar-refractivity contribution in [1.29, 1.82) is 0 Å². The van der Waals surface area contributed by atoms with Gasteiger partial charge in [-0.25, -0.2) is 13.9 Å². The van der Waals surface area contributed by atoms with Crippen molar-refractivity contribution in [3.8, 4) is 0 Å². The van der Waals surface area contributed by atoms with E-state index in [2.05, 4.69) is 18.6 Å². The molecule has 14 nitrogen and oxygen atoms in total. The number of hydrogen-bond donors (Lipinski definition) is 4. The Morgan fingerprint density at radius 3 is 2.57 bits per heavy atom. The van der Waals surface area contributed by atoms with E-state index in [1.54, 1.807) is 0 Å². The van der Waals surface area contributed by atoms with Gasteiger partial charge in [-0.1, -0.05) is 0 Å². The number of nitrogens with two attached hydrogens (primary N) is 1. The Labute approximate surface area is 159 Å². The molecule has 0 bridgehead atoms. The SMILES string of the molecule is CCOP(=O)(O)O[C@H]1[C@@H](O)[C@H](n2ccc(N)nc2=O)O[C@@H]1COP(=O)(O)OC. The third-order valence-electron chi connectivity index (χ3n) is 3.61. The van der Waals surface area contributed by atoms with Crippen LogP contribution < -0.4 is 11.4 Å². The predicted octanol–water partition coefficient (Wildman–Crippen LogP) is -0.631. The average Bonchev–Trinajstić information content (AvgIpc) is 2.89. The van der Waals surface area contributed by atoms with Gasteiger partial charge in [0.15, 0.2) is 6.23 Å². The number of phosphoric acid groups is 2. The van der Waals surface area contributed by atoms with Gasteiger partial charge in [0.2, 0.25) is 0 Å². The number of aromatic nitrogens is 2. The number of anilines is 1. The lowest BCUT2D eigenvalue weighted by Gasteiger charge is -2.23. The molecule has 0 aromatic carbocycles. The minimum atomic E-state index is -4.61. The summed E-state index contributed by atoms with van der Waals surface area (Å²) >= 11 is 0. The van der Waals surface area contributed by atoms with Crippen LogP contribution in [0, 0.1) is 0 Å². The van der Waals surface area contributed by atoms with Crippen molar-refractivity contribution in [3.05, 3.63) is 22.7 Å². The maximum absolute atomic E-state index is 12.0. The zero-order chi connectivity index (χ0) is 21.1. The Hall–Kier alpha value is -1.18. The highest BCUT2D eigenvalue weighted by Gasteiger charge is 2.49. The van der Waals surface area contributed by atoms with E-state index in [9.17, 15) is 28.8 Å². The number of nitrogen functional groups attached to an aromatic ring is 1. The Morgan fingerprint density at radius 1 is 1.32 bits per heavy atom. The monoisotopic (exact) mass is 445 g/mol. The second-order valence-corrected chi connectivity index (χ2v) is 8.47. The van der Waals surface area contributed by atoms with Crippen molar-refractivity contribution < 1.29 is 46.9 Å². The van der Waals surface area contributed by atoms with E-state index >= 15 is 0 Å². The fourth-order valence-corrected chi connectivity index (χ4v) is 3.80. The highest BCUT2D eigenvalue weighted by molar-refractivity contribution is 7.47. The summed E-state index contributed by atoms with van der Waals surface area (Å²) in [7, 11) is -8.10. The molecule has 1 aliphatic heterocycles. The van der Waals surface area contributed by atoms with Crippen molar-refractivity contribution in [1.82, 2.24) is 9.55 Å². The van der Waals surface area contributed by atoms with Gasteiger partial charge in [-0.3, -0.25) is 22.7 Å². The second kappa shape index (κ2) is 9.09. The van der Waals surface area contributed by atoms with E-state index in [-0.39, 0.29) is 12.4 Å². The first-order chi connectivity index (χ1) is 13.0. The minimum absolute atomic E-state index is 0.0704. The summed E-state index contributed by atoms with van der Waals surface area (Å²) in [5.41, 5.74) is 4.54. The highest BCUT2D eigenvalue weighted by Crippen LogP contribution is 2.49. The number of phosphoric ester groups is 2. The van der Waals surface area contributed by atoms with Crippen LogP contribution in [0.1, 0.15) is 13.2 Å². The summed E-state index contributed by atoms with van der Waals surface area (Å²) in [6.07, 6.45) is -4.80. The second-order valence-electron chi connectivity index (χ2n) is 5.50. The van der Waals surface area contributed by atoms with Gasteiger partial charge in [-0.15, -0.1) is 0 Å². The lowest BCUT2D eigenvalue weighted by Crippen LogP contribution is -2.37. The molecule has 2 unspecified atom stereocenters. The zero-order valence-electron chi connectivity index (χ0n) is 14.9. The number of nitrogens with zero attached hydrogens (tertiary/aromatic N) is 2. The van der Waals surface area contributed by atoms with Gasteiger partial charge in [0.05, 0.1) is 13.2 Å². The van der Waals surface area contributed by atoms with Crippen molar-refractivity contribution in [2.45, 2.75) is 31.5 Å². The fraction of sp³-hybridized carbons (Fsp3) is 0.667. The summed E-state index contributed by atoms with van der Waals surface area (Å²) in [6, 6.07) is 1.27. The summed E-state index contributed by atoms with van der Waals surface area (Å²) in [5.74, 6) is -0.0704. The first-order valence-electron chi connectivity index (χ1n) is 7.86. The molecule has 1 saturated heterocycles. The Morgan fingerprint density at radius 2 is 2.00 bits per heavy atom. The van der Waals surface area contributed by atoms with Crippen molar-refractivity contribution >= 4 is 21.5 Å². The van der Waals surface area contributed by atoms with E-state index in [1.165, 1.54) is 19.2 Å². The molecule has 2 rings (SSSR count). The first kappa shape index (κ1) is 23.1. The number of hydrogen-bond acceptors (Lipinski definition) is 11. The molecule has 5 N–H and O–H groups in total. The van der Waals surface area contributed by atoms with Gasteiger partial charge >= 0.3 is 21.3 Å². The van der Waals surface area contributed by atoms with Crippen LogP contribution in [0.3, 0.4) is 0 Å². The standard InChI is InChI=1S/C12H21N3O11P2/c1-3-23-28(20,21)26-10-7(6-24-27(18,19)22-2)25-11(9(10)16)15-5-4-8(13)14-12(15)17/h4-5,7,9-11,16H,3,6H2,1-2H3,(H,18,19)(H,20,21)(H2,13,14,17)/t7-,9-,10-,11-/m1/s1. The summed E-state index contributed by atoms with van der Waals surface area (Å²) in [6.45, 7) is 0.597. The lowest BCUT2D eigenvalue weighted by atomic mass is 10.1. The normalized spacial score (nSPS) is 29.3. The van der Waals surface area contributed by atoms with Gasteiger partial charge in [0, 0.05) is 13.3 Å². The summed E-state index contributed by atoms with van der Waals surface area (Å²) < 4.78 is 48.3. The first-order valence-corrected chi connectivity index (χ1v) is 10.9. The molecule has 16 heteroatoms. The molecule has 0 radical (unpaired) electrons. The molecular weight excluding hydrogens is 424 g/mol.